The van der Waals surface area contributed by atoms with E-state index >= 15 is 0 Å². The van der Waals surface area contributed by atoms with E-state index in [0.29, 0.717) is 0 Å². The zero-order valence-corrected chi connectivity index (χ0v) is 18.2. The molecule has 13 heteroatoms. The highest BCUT2D eigenvalue weighted by atomic mass is 31.2. The molecule has 0 spiro atoms. The van der Waals surface area contributed by atoms with E-state index in [1.807, 2.05) is 30.3 Å². The summed E-state index contributed by atoms with van der Waals surface area (Å²) in [5.41, 5.74) is 0.216. The van der Waals surface area contributed by atoms with E-state index < -0.39 is 37.6 Å². The standard InChI is InChI=1S/C19H22N5O7P/c1-29-11-16-15(31-32(2,27)28)8-17(30-16)23-9-13(18(25)20-19(23)26)14-10-24(22-21-14)12-6-4-3-5-7-12/h3-7,9-10,15-17H,8,11H2,1-2H3,(H,27,28)(H,20,25,26)/p-1. The largest absolute Gasteiger partial charge is 0.858 e. The van der Waals surface area contributed by atoms with Crippen LogP contribution in [-0.2, 0) is 18.6 Å². The molecule has 4 unspecified atom stereocenters. The van der Waals surface area contributed by atoms with E-state index in [1.54, 1.807) is 6.20 Å². The zero-order valence-electron chi connectivity index (χ0n) is 17.3. The minimum Gasteiger partial charge on any atom is -0.858 e. The van der Waals surface area contributed by atoms with Crippen molar-refractivity contribution in [3.63, 3.8) is 0 Å². The molecule has 1 aromatic carbocycles. The minimum absolute atomic E-state index is 0.0614. The first-order valence-corrected chi connectivity index (χ1v) is 11.7. The average Bonchev–Trinajstić information content (AvgIpc) is 3.36. The Bertz CT molecular complexity index is 1190. The molecule has 32 heavy (non-hydrogen) atoms. The van der Waals surface area contributed by atoms with Crippen LogP contribution in [-0.4, -0.2) is 62.0 Å². The fourth-order valence-electron chi connectivity index (χ4n) is 3.48. The maximum Gasteiger partial charge on any atom is 0.349 e. The van der Waals surface area contributed by atoms with Crippen LogP contribution in [0.3, 0.4) is 0 Å². The summed E-state index contributed by atoms with van der Waals surface area (Å²) in [6.45, 7) is 1.15. The van der Waals surface area contributed by atoms with Crippen molar-refractivity contribution in [2.24, 2.45) is 0 Å². The molecule has 0 saturated carbocycles. The Morgan fingerprint density at radius 3 is 2.75 bits per heavy atom. The van der Waals surface area contributed by atoms with Crippen LogP contribution >= 0.6 is 7.60 Å². The molecular weight excluding hydrogens is 441 g/mol. The smallest absolute Gasteiger partial charge is 0.349 e. The van der Waals surface area contributed by atoms with Crippen LogP contribution in [0.5, 0.6) is 5.88 Å². The van der Waals surface area contributed by atoms with Crippen LogP contribution in [0.25, 0.3) is 16.9 Å². The van der Waals surface area contributed by atoms with Gasteiger partial charge in [0, 0.05) is 37.8 Å². The third kappa shape index (κ3) is 4.79. The zero-order chi connectivity index (χ0) is 22.9. The third-order valence-corrected chi connectivity index (χ3v) is 5.52. The number of benzene rings is 1. The third-order valence-electron chi connectivity index (χ3n) is 4.86. The van der Waals surface area contributed by atoms with Crippen molar-refractivity contribution >= 4 is 7.60 Å². The second-order valence-corrected chi connectivity index (χ2v) is 9.12. The van der Waals surface area contributed by atoms with Gasteiger partial charge in [0.1, 0.15) is 18.0 Å². The highest BCUT2D eigenvalue weighted by molar-refractivity contribution is 7.51. The fourth-order valence-corrected chi connectivity index (χ4v) is 4.20. The fraction of sp³-hybridized carbons (Fsp3) is 0.368. The number of nitrogens with zero attached hydrogens (tertiary/aromatic N) is 5. The quantitative estimate of drug-likeness (QED) is 0.496. The van der Waals surface area contributed by atoms with Gasteiger partial charge in [-0.25, -0.2) is 14.5 Å². The van der Waals surface area contributed by atoms with Crippen molar-refractivity contribution in [3.8, 4) is 22.8 Å². The lowest BCUT2D eigenvalue weighted by Crippen LogP contribution is -2.29. The van der Waals surface area contributed by atoms with Gasteiger partial charge in [0.2, 0.25) is 0 Å². The Kier molecular flexibility index (Phi) is 6.22. The van der Waals surface area contributed by atoms with E-state index in [-0.39, 0.29) is 24.3 Å². The number of para-hydroxylation sites is 1. The Hall–Kier alpha value is -2.89. The summed E-state index contributed by atoms with van der Waals surface area (Å²) in [6, 6.07) is 9.19. The Morgan fingerprint density at radius 2 is 2.06 bits per heavy atom. The molecule has 1 N–H and O–H groups in total. The van der Waals surface area contributed by atoms with Crippen LogP contribution in [0, 0.1) is 0 Å². The molecule has 170 valence electrons. The first kappa shape index (κ1) is 22.3. The van der Waals surface area contributed by atoms with Gasteiger partial charge >= 0.3 is 13.3 Å². The van der Waals surface area contributed by atoms with Crippen molar-refractivity contribution in [1.29, 1.82) is 0 Å². The van der Waals surface area contributed by atoms with E-state index in [1.165, 1.54) is 18.0 Å². The van der Waals surface area contributed by atoms with Gasteiger partial charge in [-0.2, -0.15) is 0 Å². The first-order chi connectivity index (χ1) is 15.2. The maximum atomic E-state index is 12.4. The number of methoxy groups -OCH3 is 1. The predicted octanol–water partition coefficient (Wildman–Crippen LogP) is 0.699. The SMILES string of the molecule is COCC1OC(n2cc(-c3cn(-c4ccccc4)nn3)c([O-])nc2=O)CC1OP(C)(=O)O. The van der Waals surface area contributed by atoms with Gasteiger partial charge in [0.15, 0.2) is 0 Å². The van der Waals surface area contributed by atoms with Gasteiger partial charge in [-0.3, -0.25) is 9.13 Å². The van der Waals surface area contributed by atoms with E-state index in [0.717, 1.165) is 16.9 Å². The van der Waals surface area contributed by atoms with Gasteiger partial charge in [-0.05, 0) is 12.1 Å². The number of hydrogen-bond donors (Lipinski definition) is 1. The minimum atomic E-state index is -3.81. The molecule has 0 bridgehead atoms. The predicted molar refractivity (Wildman–Crippen MR) is 109 cm³/mol. The number of ether oxygens (including phenoxy) is 2. The van der Waals surface area contributed by atoms with Crippen molar-refractivity contribution < 1.29 is 28.6 Å². The summed E-state index contributed by atoms with van der Waals surface area (Å²) >= 11 is 0. The molecule has 0 aliphatic carbocycles. The van der Waals surface area contributed by atoms with Crippen molar-refractivity contribution in [1.82, 2.24) is 24.5 Å². The molecule has 4 atom stereocenters. The summed E-state index contributed by atoms with van der Waals surface area (Å²) in [5.74, 6) is -0.751. The topological polar surface area (TPSA) is 154 Å². The van der Waals surface area contributed by atoms with E-state index in [9.17, 15) is 19.4 Å². The van der Waals surface area contributed by atoms with E-state index in [2.05, 4.69) is 15.3 Å². The van der Waals surface area contributed by atoms with Gasteiger partial charge in [-0.1, -0.05) is 23.4 Å². The van der Waals surface area contributed by atoms with E-state index in [4.69, 9.17) is 14.0 Å². The lowest BCUT2D eigenvalue weighted by molar-refractivity contribution is -0.274. The molecule has 4 rings (SSSR count). The average molecular weight is 462 g/mol. The Balaban J connectivity index is 1.65. The summed E-state index contributed by atoms with van der Waals surface area (Å²) in [6.07, 6.45) is 0.585. The van der Waals surface area contributed by atoms with Gasteiger partial charge in [0.25, 0.3) is 0 Å². The molecular formula is C19H21N5O7P-. The number of rotatable bonds is 7. The molecule has 3 heterocycles. The highest BCUT2D eigenvalue weighted by Gasteiger charge is 2.40. The van der Waals surface area contributed by atoms with Crippen LogP contribution in [0.4, 0.5) is 0 Å². The molecule has 12 nitrogen and oxygen atoms in total. The lowest BCUT2D eigenvalue weighted by atomic mass is 10.2. The van der Waals surface area contributed by atoms with Crippen LogP contribution in [0.2, 0.25) is 0 Å². The molecule has 1 aliphatic rings. The molecule has 1 fully saturated rings. The second-order valence-electron chi connectivity index (χ2n) is 7.30. The Labute approximate surface area is 182 Å². The maximum absolute atomic E-state index is 12.4. The lowest BCUT2D eigenvalue weighted by Gasteiger charge is -2.19. The summed E-state index contributed by atoms with van der Waals surface area (Å²) < 4.78 is 30.5. The van der Waals surface area contributed by atoms with Crippen LogP contribution in [0.15, 0.2) is 47.5 Å². The monoisotopic (exact) mass is 462 g/mol. The molecule has 0 amide bonds. The van der Waals surface area contributed by atoms with Crippen LogP contribution in [0.1, 0.15) is 12.6 Å². The number of hydrogen-bond acceptors (Lipinski definition) is 9. The molecule has 3 aromatic rings. The Morgan fingerprint density at radius 1 is 1.31 bits per heavy atom. The number of aromatic nitrogens is 5. The van der Waals surface area contributed by atoms with Gasteiger partial charge in [0.05, 0.1) is 24.6 Å². The van der Waals surface area contributed by atoms with Crippen LogP contribution < -0.4 is 10.8 Å². The first-order valence-electron chi connectivity index (χ1n) is 9.66. The highest BCUT2D eigenvalue weighted by Crippen LogP contribution is 2.44. The van der Waals surface area contributed by atoms with Gasteiger partial charge < -0.3 is 24.0 Å². The van der Waals surface area contributed by atoms with Crippen molar-refractivity contribution in [2.75, 3.05) is 20.4 Å². The molecule has 1 aliphatic heterocycles. The van der Waals surface area contributed by atoms with Crippen molar-refractivity contribution in [2.45, 2.75) is 24.9 Å². The second kappa shape index (κ2) is 8.93. The summed E-state index contributed by atoms with van der Waals surface area (Å²) in [5, 5.41) is 20.5. The molecule has 1 saturated heterocycles. The molecule has 0 radical (unpaired) electrons. The summed E-state index contributed by atoms with van der Waals surface area (Å²) in [4.78, 5) is 25.6. The summed E-state index contributed by atoms with van der Waals surface area (Å²) in [7, 11) is -2.36. The van der Waals surface area contributed by atoms with Crippen molar-refractivity contribution in [3.05, 3.63) is 53.2 Å². The van der Waals surface area contributed by atoms with Gasteiger partial charge in [-0.15, -0.1) is 5.10 Å². The molecule has 2 aromatic heterocycles. The normalized spacial score (nSPS) is 22.7.